The Hall–Kier alpha value is -3.97. The minimum Gasteiger partial charge on any atom is -0.457 e. The van der Waals surface area contributed by atoms with Crippen LogP contribution in [0.25, 0.3) is 10.6 Å². The number of rotatable bonds is 7. The standard InChI is InChI=1S/C26H21N3O3S/c30-24(27-19-10-11-19)17-6-8-18(9-7-17)26-29-23(16-33-26)25(31)28-20-12-14-22(15-13-20)32-21-4-2-1-3-5-21/h1-9,12-16,19H,10-11H2,(H,27,30)(H,28,31). The molecule has 0 atom stereocenters. The van der Waals surface area contributed by atoms with Crippen molar-refractivity contribution in [3.8, 4) is 22.1 Å². The molecule has 1 aromatic heterocycles. The van der Waals surface area contributed by atoms with Gasteiger partial charge in [0, 0.05) is 28.2 Å². The molecule has 0 unspecified atom stereocenters. The summed E-state index contributed by atoms with van der Waals surface area (Å²) < 4.78 is 5.77. The Morgan fingerprint density at radius 1 is 0.848 bits per heavy atom. The predicted octanol–water partition coefficient (Wildman–Crippen LogP) is 5.75. The Morgan fingerprint density at radius 2 is 1.55 bits per heavy atom. The second-order valence-electron chi connectivity index (χ2n) is 7.76. The zero-order valence-electron chi connectivity index (χ0n) is 17.7. The SMILES string of the molecule is O=C(NC1CC1)c1ccc(-c2nc(C(=O)Nc3ccc(Oc4ccccc4)cc3)cs2)cc1. The van der Waals surface area contributed by atoms with Crippen LogP contribution in [0.4, 0.5) is 5.69 Å². The summed E-state index contributed by atoms with van der Waals surface area (Å²) in [6.45, 7) is 0. The summed E-state index contributed by atoms with van der Waals surface area (Å²) in [5.74, 6) is 1.10. The Morgan fingerprint density at radius 3 is 2.24 bits per heavy atom. The number of amides is 2. The normalized spacial score (nSPS) is 12.7. The molecule has 33 heavy (non-hydrogen) atoms. The fourth-order valence-electron chi connectivity index (χ4n) is 3.20. The van der Waals surface area contributed by atoms with E-state index in [1.807, 2.05) is 42.5 Å². The van der Waals surface area contributed by atoms with Gasteiger partial charge in [0.05, 0.1) is 0 Å². The summed E-state index contributed by atoms with van der Waals surface area (Å²) in [5, 5.41) is 8.28. The highest BCUT2D eigenvalue weighted by molar-refractivity contribution is 7.13. The van der Waals surface area contributed by atoms with Crippen molar-refractivity contribution in [3.05, 3.63) is 95.5 Å². The fourth-order valence-corrected chi connectivity index (χ4v) is 4.00. The summed E-state index contributed by atoms with van der Waals surface area (Å²) in [6, 6.07) is 24.3. The third kappa shape index (κ3) is 5.27. The highest BCUT2D eigenvalue weighted by atomic mass is 32.1. The number of carbonyl (C=O) groups is 2. The molecule has 5 rings (SSSR count). The Bertz CT molecular complexity index is 1260. The summed E-state index contributed by atoms with van der Waals surface area (Å²) in [4.78, 5) is 29.2. The van der Waals surface area contributed by atoms with Gasteiger partial charge in [-0.05, 0) is 61.4 Å². The molecule has 1 heterocycles. The number of hydrogen-bond acceptors (Lipinski definition) is 5. The molecule has 2 amide bonds. The molecule has 0 saturated heterocycles. The largest absolute Gasteiger partial charge is 0.457 e. The second kappa shape index (κ2) is 9.26. The molecule has 164 valence electrons. The van der Waals surface area contributed by atoms with E-state index < -0.39 is 0 Å². The van der Waals surface area contributed by atoms with Crippen molar-refractivity contribution < 1.29 is 14.3 Å². The summed E-state index contributed by atoms with van der Waals surface area (Å²) >= 11 is 1.39. The summed E-state index contributed by atoms with van der Waals surface area (Å²) in [5.41, 5.74) is 2.49. The maximum Gasteiger partial charge on any atom is 0.275 e. The predicted molar refractivity (Wildman–Crippen MR) is 129 cm³/mol. The van der Waals surface area contributed by atoms with Gasteiger partial charge in [0.15, 0.2) is 0 Å². The first-order chi connectivity index (χ1) is 16.1. The van der Waals surface area contributed by atoms with Crippen LogP contribution in [0, 0.1) is 0 Å². The van der Waals surface area contributed by atoms with Crippen molar-refractivity contribution in [3.63, 3.8) is 0 Å². The van der Waals surface area contributed by atoms with Gasteiger partial charge in [-0.2, -0.15) is 0 Å². The van der Waals surface area contributed by atoms with Gasteiger partial charge < -0.3 is 15.4 Å². The van der Waals surface area contributed by atoms with E-state index in [0.29, 0.717) is 28.7 Å². The zero-order chi connectivity index (χ0) is 22.6. The molecule has 3 aromatic carbocycles. The number of nitrogens with one attached hydrogen (secondary N) is 2. The van der Waals surface area contributed by atoms with Crippen LogP contribution in [0.5, 0.6) is 11.5 Å². The molecular formula is C26H21N3O3S. The highest BCUT2D eigenvalue weighted by Crippen LogP contribution is 2.26. The Kier molecular flexibility index (Phi) is 5.87. The number of aromatic nitrogens is 1. The van der Waals surface area contributed by atoms with Crippen molar-refractivity contribution in [2.24, 2.45) is 0 Å². The van der Waals surface area contributed by atoms with Crippen molar-refractivity contribution in [2.75, 3.05) is 5.32 Å². The van der Waals surface area contributed by atoms with Crippen LogP contribution >= 0.6 is 11.3 Å². The number of para-hydroxylation sites is 1. The maximum absolute atomic E-state index is 12.6. The molecule has 2 N–H and O–H groups in total. The molecule has 4 aromatic rings. The molecule has 6 nitrogen and oxygen atoms in total. The van der Waals surface area contributed by atoms with Gasteiger partial charge in [0.25, 0.3) is 11.8 Å². The van der Waals surface area contributed by atoms with E-state index in [9.17, 15) is 9.59 Å². The first-order valence-corrected chi connectivity index (χ1v) is 11.5. The van der Waals surface area contributed by atoms with Crippen LogP contribution in [0.3, 0.4) is 0 Å². The van der Waals surface area contributed by atoms with E-state index in [1.54, 1.807) is 41.8 Å². The monoisotopic (exact) mass is 455 g/mol. The van der Waals surface area contributed by atoms with Crippen LogP contribution < -0.4 is 15.4 Å². The van der Waals surface area contributed by atoms with Crippen LogP contribution in [-0.4, -0.2) is 22.8 Å². The molecule has 0 bridgehead atoms. The topological polar surface area (TPSA) is 80.3 Å². The molecule has 0 spiro atoms. The number of nitrogens with zero attached hydrogens (tertiary/aromatic N) is 1. The highest BCUT2D eigenvalue weighted by Gasteiger charge is 2.23. The molecule has 0 radical (unpaired) electrons. The fraction of sp³-hybridized carbons (Fsp3) is 0.115. The first-order valence-electron chi connectivity index (χ1n) is 10.7. The van der Waals surface area contributed by atoms with Crippen molar-refractivity contribution in [2.45, 2.75) is 18.9 Å². The van der Waals surface area contributed by atoms with E-state index >= 15 is 0 Å². The number of benzene rings is 3. The zero-order valence-corrected chi connectivity index (χ0v) is 18.5. The van der Waals surface area contributed by atoms with E-state index in [4.69, 9.17) is 4.74 Å². The lowest BCUT2D eigenvalue weighted by molar-refractivity contribution is 0.0950. The summed E-state index contributed by atoms with van der Waals surface area (Å²) in [6.07, 6.45) is 2.11. The number of anilines is 1. The van der Waals surface area contributed by atoms with Gasteiger partial charge in [-0.1, -0.05) is 30.3 Å². The Balaban J connectivity index is 1.20. The van der Waals surface area contributed by atoms with E-state index in [0.717, 1.165) is 29.2 Å². The average molecular weight is 456 g/mol. The third-order valence-electron chi connectivity index (χ3n) is 5.13. The van der Waals surface area contributed by atoms with Gasteiger partial charge in [-0.15, -0.1) is 11.3 Å². The number of thiazole rings is 1. The van der Waals surface area contributed by atoms with Crippen molar-refractivity contribution >= 4 is 28.8 Å². The lowest BCUT2D eigenvalue weighted by Crippen LogP contribution is -2.25. The smallest absolute Gasteiger partial charge is 0.275 e. The first kappa shape index (κ1) is 20.9. The van der Waals surface area contributed by atoms with Gasteiger partial charge in [0.1, 0.15) is 22.2 Å². The van der Waals surface area contributed by atoms with Gasteiger partial charge in [-0.25, -0.2) is 4.98 Å². The van der Waals surface area contributed by atoms with E-state index in [1.165, 1.54) is 11.3 Å². The molecule has 1 aliphatic carbocycles. The van der Waals surface area contributed by atoms with E-state index in [-0.39, 0.29) is 11.8 Å². The molecular weight excluding hydrogens is 434 g/mol. The molecule has 0 aliphatic heterocycles. The second-order valence-corrected chi connectivity index (χ2v) is 8.61. The lowest BCUT2D eigenvalue weighted by atomic mass is 10.1. The van der Waals surface area contributed by atoms with E-state index in [2.05, 4.69) is 15.6 Å². The lowest BCUT2D eigenvalue weighted by Gasteiger charge is -2.07. The van der Waals surface area contributed by atoms with Gasteiger partial charge in [0.2, 0.25) is 0 Å². The minimum absolute atomic E-state index is 0.0524. The van der Waals surface area contributed by atoms with Gasteiger partial charge >= 0.3 is 0 Å². The summed E-state index contributed by atoms with van der Waals surface area (Å²) in [7, 11) is 0. The third-order valence-corrected chi connectivity index (χ3v) is 6.03. The number of hydrogen-bond donors (Lipinski definition) is 2. The number of ether oxygens (including phenoxy) is 1. The van der Waals surface area contributed by atoms with Crippen LogP contribution in [-0.2, 0) is 0 Å². The molecule has 1 saturated carbocycles. The average Bonchev–Trinajstić information content (AvgIpc) is 3.52. The maximum atomic E-state index is 12.6. The van der Waals surface area contributed by atoms with Crippen molar-refractivity contribution in [1.29, 1.82) is 0 Å². The van der Waals surface area contributed by atoms with Crippen LogP contribution in [0.1, 0.15) is 33.7 Å². The quantitative estimate of drug-likeness (QED) is 0.372. The van der Waals surface area contributed by atoms with Crippen molar-refractivity contribution in [1.82, 2.24) is 10.3 Å². The number of carbonyl (C=O) groups excluding carboxylic acids is 2. The van der Waals surface area contributed by atoms with Crippen LogP contribution in [0.2, 0.25) is 0 Å². The minimum atomic E-state index is -0.283. The van der Waals surface area contributed by atoms with Gasteiger partial charge in [-0.3, -0.25) is 9.59 Å². The molecule has 1 fully saturated rings. The molecule has 7 heteroatoms. The van der Waals surface area contributed by atoms with Crippen LogP contribution in [0.15, 0.2) is 84.2 Å². The Labute approximate surface area is 195 Å². The molecule has 1 aliphatic rings.